The van der Waals surface area contributed by atoms with Gasteiger partial charge in [-0.05, 0) is 6.54 Å². The molecule has 6 heteroatoms. The van der Waals surface area contributed by atoms with Gasteiger partial charge < -0.3 is 22.9 Å². The molecule has 0 saturated heterocycles. The minimum Gasteiger partial charge on any atom is -0.481 e. The summed E-state index contributed by atoms with van der Waals surface area (Å²) in [5.41, 5.74) is 5.17. The first-order chi connectivity index (χ1) is 5.49. The van der Waals surface area contributed by atoms with Crippen molar-refractivity contribution in [3.8, 4) is 0 Å². The Kier molecular flexibility index (Phi) is 8.65. The number of carboxylic acids is 2. The molecule has 0 heterocycles. The van der Waals surface area contributed by atoms with E-state index in [1.807, 2.05) is 0 Å². The summed E-state index contributed by atoms with van der Waals surface area (Å²) in [5, 5.41) is 16.9. The van der Waals surface area contributed by atoms with Crippen molar-refractivity contribution in [2.45, 2.75) is 6.42 Å². The van der Waals surface area contributed by atoms with Crippen LogP contribution in [-0.2, 0) is 9.59 Å². The van der Waals surface area contributed by atoms with Gasteiger partial charge in [0.15, 0.2) is 0 Å². The van der Waals surface area contributed by atoms with Crippen LogP contribution in [0.1, 0.15) is 6.42 Å². The Bertz CT molecular complexity index is 185. The van der Waals surface area contributed by atoms with Gasteiger partial charge in [0.1, 0.15) is 0 Å². The maximum absolute atomic E-state index is 10.5. The Balaban J connectivity index is 0. The Morgan fingerprint density at radius 3 is 2.08 bits per heavy atom. The number of carbonyl (C=O) groups is 2. The standard InChI is InChI=1S/C7H12NO4.Na/c1-4(3-8)5(7(11)12)2-6(9)10;/h4-5H,1-3,8H2,(H,9,10)(H,11,12);/q-1;+1. The molecule has 2 atom stereocenters. The van der Waals surface area contributed by atoms with Crippen LogP contribution in [0.3, 0.4) is 0 Å². The monoisotopic (exact) mass is 197 g/mol. The molecule has 0 aliphatic rings. The molecule has 0 radical (unpaired) electrons. The van der Waals surface area contributed by atoms with Crippen molar-refractivity contribution in [1.82, 2.24) is 0 Å². The Morgan fingerprint density at radius 2 is 1.85 bits per heavy atom. The minimum atomic E-state index is -1.16. The van der Waals surface area contributed by atoms with Gasteiger partial charge >= 0.3 is 41.5 Å². The van der Waals surface area contributed by atoms with E-state index in [4.69, 9.17) is 15.9 Å². The molecule has 2 unspecified atom stereocenters. The van der Waals surface area contributed by atoms with E-state index in [-0.39, 0.29) is 36.1 Å². The molecule has 0 aromatic heterocycles. The normalized spacial score (nSPS) is 14.0. The van der Waals surface area contributed by atoms with Crippen molar-refractivity contribution >= 4 is 11.9 Å². The van der Waals surface area contributed by atoms with Crippen LogP contribution in [0.4, 0.5) is 0 Å². The maximum Gasteiger partial charge on any atom is 1.00 e. The first kappa shape index (κ1) is 15.4. The van der Waals surface area contributed by atoms with Crippen LogP contribution in [0.25, 0.3) is 0 Å². The predicted molar refractivity (Wildman–Crippen MR) is 41.3 cm³/mol. The number of carboxylic acid groups (broad SMARTS) is 2. The number of aliphatic carboxylic acids is 2. The second kappa shape index (κ2) is 7.32. The predicted octanol–water partition coefficient (Wildman–Crippen LogP) is -3.43. The average molecular weight is 197 g/mol. The van der Waals surface area contributed by atoms with Gasteiger partial charge in [0.25, 0.3) is 0 Å². The molecule has 70 valence electrons. The second-order valence-corrected chi connectivity index (χ2v) is 2.54. The third-order valence-electron chi connectivity index (χ3n) is 1.58. The zero-order valence-corrected chi connectivity index (χ0v) is 9.56. The molecule has 4 N–H and O–H groups in total. The number of hydrogen-bond donors (Lipinski definition) is 3. The fourth-order valence-corrected chi connectivity index (χ4v) is 0.808. The molecule has 5 nitrogen and oxygen atoms in total. The minimum absolute atomic E-state index is 0. The van der Waals surface area contributed by atoms with Gasteiger partial charge in [0, 0.05) is 5.92 Å². The Hall–Kier alpha value is -0.100. The van der Waals surface area contributed by atoms with Gasteiger partial charge in [0.05, 0.1) is 6.42 Å². The third kappa shape index (κ3) is 6.04. The average Bonchev–Trinajstić information content (AvgIpc) is 1.98. The molecule has 0 rings (SSSR count). The second-order valence-electron chi connectivity index (χ2n) is 2.54. The topological polar surface area (TPSA) is 101 Å². The summed E-state index contributed by atoms with van der Waals surface area (Å²) in [4.78, 5) is 20.7. The maximum atomic E-state index is 10.5. The molecule has 0 saturated carbocycles. The first-order valence-electron chi connectivity index (χ1n) is 3.46. The van der Waals surface area contributed by atoms with Crippen molar-refractivity contribution in [3.05, 3.63) is 6.92 Å². The van der Waals surface area contributed by atoms with Crippen LogP contribution in [-0.4, -0.2) is 28.7 Å². The van der Waals surface area contributed by atoms with E-state index in [0.717, 1.165) is 0 Å². The number of nitrogens with two attached hydrogens (primary N) is 1. The van der Waals surface area contributed by atoms with Crippen LogP contribution < -0.4 is 35.3 Å². The molecule has 0 amide bonds. The van der Waals surface area contributed by atoms with E-state index in [1.54, 1.807) is 0 Å². The van der Waals surface area contributed by atoms with E-state index in [0.29, 0.717) is 0 Å². The smallest absolute Gasteiger partial charge is 0.481 e. The van der Waals surface area contributed by atoms with E-state index < -0.39 is 30.2 Å². The number of rotatable bonds is 5. The largest absolute Gasteiger partial charge is 1.00 e. The summed E-state index contributed by atoms with van der Waals surface area (Å²) in [6.07, 6.45) is -0.430. The summed E-state index contributed by atoms with van der Waals surface area (Å²) in [6, 6.07) is 0. The number of hydrogen-bond acceptors (Lipinski definition) is 3. The summed E-state index contributed by atoms with van der Waals surface area (Å²) in [6.45, 7) is 3.54. The van der Waals surface area contributed by atoms with Gasteiger partial charge in [-0.15, -0.1) is 5.92 Å². The summed E-state index contributed by atoms with van der Waals surface area (Å²) in [5.74, 6) is -3.86. The van der Waals surface area contributed by atoms with Crippen LogP contribution in [0.2, 0.25) is 0 Å². The fourth-order valence-electron chi connectivity index (χ4n) is 0.808. The summed E-state index contributed by atoms with van der Waals surface area (Å²) in [7, 11) is 0. The molecule has 0 fully saturated rings. The zero-order valence-electron chi connectivity index (χ0n) is 7.56. The molecule has 0 aromatic carbocycles. The molecular weight excluding hydrogens is 185 g/mol. The first-order valence-corrected chi connectivity index (χ1v) is 3.46. The van der Waals surface area contributed by atoms with E-state index in [1.165, 1.54) is 0 Å². The summed E-state index contributed by atoms with van der Waals surface area (Å²) >= 11 is 0. The SMILES string of the molecule is [CH2-]C(CN)C(CC(=O)O)C(=O)O.[Na+]. The fraction of sp³-hybridized carbons (Fsp3) is 0.571. The molecular formula is C7H12NNaO4. The van der Waals surface area contributed by atoms with Crippen molar-refractivity contribution < 1.29 is 49.4 Å². The van der Waals surface area contributed by atoms with Crippen molar-refractivity contribution in [3.63, 3.8) is 0 Å². The van der Waals surface area contributed by atoms with Gasteiger partial charge in [-0.25, -0.2) is 0 Å². The van der Waals surface area contributed by atoms with Gasteiger partial charge in [-0.3, -0.25) is 9.59 Å². The molecule has 0 bridgehead atoms. The summed E-state index contributed by atoms with van der Waals surface area (Å²) < 4.78 is 0. The van der Waals surface area contributed by atoms with E-state index in [9.17, 15) is 9.59 Å². The molecule has 0 aliphatic carbocycles. The van der Waals surface area contributed by atoms with Gasteiger partial charge in [-0.2, -0.15) is 0 Å². The van der Waals surface area contributed by atoms with Crippen LogP contribution in [0, 0.1) is 18.8 Å². The van der Waals surface area contributed by atoms with Crippen LogP contribution in [0.5, 0.6) is 0 Å². The van der Waals surface area contributed by atoms with Crippen molar-refractivity contribution in [2.75, 3.05) is 6.54 Å². The van der Waals surface area contributed by atoms with Crippen LogP contribution >= 0.6 is 0 Å². The zero-order chi connectivity index (χ0) is 9.72. The van der Waals surface area contributed by atoms with E-state index in [2.05, 4.69) is 6.92 Å². The Morgan fingerprint density at radius 1 is 1.38 bits per heavy atom. The molecule has 0 aliphatic heterocycles. The van der Waals surface area contributed by atoms with Crippen molar-refractivity contribution in [2.24, 2.45) is 17.6 Å². The van der Waals surface area contributed by atoms with Crippen LogP contribution in [0.15, 0.2) is 0 Å². The quantitative estimate of drug-likeness (QED) is 0.314. The Labute approximate surface area is 98.6 Å². The molecule has 0 aromatic rings. The van der Waals surface area contributed by atoms with E-state index >= 15 is 0 Å². The third-order valence-corrected chi connectivity index (χ3v) is 1.58. The molecule has 0 spiro atoms. The van der Waals surface area contributed by atoms with Crippen molar-refractivity contribution in [1.29, 1.82) is 0 Å². The molecule has 13 heavy (non-hydrogen) atoms. The van der Waals surface area contributed by atoms with Gasteiger partial charge in [-0.1, -0.05) is 0 Å². The van der Waals surface area contributed by atoms with Gasteiger partial charge in [0.2, 0.25) is 0 Å².